The number of halogens is 2. The van der Waals surface area contributed by atoms with Crippen LogP contribution in [0, 0.1) is 11.6 Å². The Kier molecular flexibility index (Phi) is 2.70. The Bertz CT molecular complexity index is 307. The van der Waals surface area contributed by atoms with Crippen molar-refractivity contribution in [3.63, 3.8) is 0 Å². The van der Waals surface area contributed by atoms with Gasteiger partial charge in [0.25, 0.3) is 0 Å². The van der Waals surface area contributed by atoms with Crippen molar-refractivity contribution in [1.29, 1.82) is 0 Å². The van der Waals surface area contributed by atoms with E-state index < -0.39 is 20.0 Å². The predicted octanol–water partition coefficient (Wildman–Crippen LogP) is 3.18. The van der Waals surface area contributed by atoms with E-state index in [1.54, 1.807) is 0 Å². The summed E-state index contributed by atoms with van der Waals surface area (Å²) in [5.41, 5.74) is 0. The Balaban J connectivity index is 2.90. The summed E-state index contributed by atoms with van der Waals surface area (Å²) < 4.78 is 30.9. The molecule has 0 saturated heterocycles. The van der Waals surface area contributed by atoms with Gasteiger partial charge in [-0.3, -0.25) is 0 Å². The molecule has 1 nitrogen and oxygen atoms in total. The topological polar surface area (TPSA) is 9.23 Å². The Labute approximate surface area is 77.5 Å². The molecule has 0 bridgehead atoms. The van der Waals surface area contributed by atoms with Crippen LogP contribution in [0.15, 0.2) is 18.2 Å². The van der Waals surface area contributed by atoms with Crippen LogP contribution >= 0.6 is 0 Å². The zero-order valence-electron chi connectivity index (χ0n) is 7.90. The van der Waals surface area contributed by atoms with E-state index in [0.29, 0.717) is 0 Å². The van der Waals surface area contributed by atoms with E-state index in [1.807, 2.05) is 19.6 Å². The molecule has 0 heterocycles. The Morgan fingerprint density at radius 1 is 1.15 bits per heavy atom. The van der Waals surface area contributed by atoms with Crippen LogP contribution in [0.3, 0.4) is 0 Å². The van der Waals surface area contributed by atoms with Gasteiger partial charge in [0.1, 0.15) is 11.6 Å². The summed E-state index contributed by atoms with van der Waals surface area (Å²) in [6.07, 6.45) is 0. The van der Waals surface area contributed by atoms with Gasteiger partial charge in [-0.15, -0.1) is 0 Å². The molecule has 0 aliphatic rings. The Morgan fingerprint density at radius 3 is 2.23 bits per heavy atom. The van der Waals surface area contributed by atoms with Crippen LogP contribution in [-0.2, 0) is 0 Å². The molecule has 72 valence electrons. The van der Waals surface area contributed by atoms with Crippen molar-refractivity contribution < 1.29 is 13.2 Å². The molecular weight excluding hydrogens is 190 g/mol. The van der Waals surface area contributed by atoms with Crippen LogP contribution in [0.5, 0.6) is 5.75 Å². The molecule has 0 N–H and O–H groups in total. The van der Waals surface area contributed by atoms with Crippen molar-refractivity contribution in [2.24, 2.45) is 0 Å². The third kappa shape index (κ3) is 3.14. The molecular formula is C9H12F2OSi. The lowest BCUT2D eigenvalue weighted by Gasteiger charge is -2.19. The maximum atomic E-state index is 13.0. The molecule has 0 radical (unpaired) electrons. The van der Waals surface area contributed by atoms with Crippen molar-refractivity contribution >= 4 is 8.32 Å². The minimum atomic E-state index is -1.81. The fourth-order valence-electron chi connectivity index (χ4n) is 0.888. The summed E-state index contributed by atoms with van der Waals surface area (Å²) in [5.74, 6) is -1.08. The van der Waals surface area contributed by atoms with Crippen molar-refractivity contribution in [3.05, 3.63) is 29.8 Å². The second-order valence-corrected chi connectivity index (χ2v) is 8.22. The molecule has 0 aromatic heterocycles. The molecule has 0 spiro atoms. The molecule has 13 heavy (non-hydrogen) atoms. The van der Waals surface area contributed by atoms with E-state index >= 15 is 0 Å². The van der Waals surface area contributed by atoms with Gasteiger partial charge < -0.3 is 4.43 Å². The van der Waals surface area contributed by atoms with Crippen molar-refractivity contribution in [2.45, 2.75) is 19.6 Å². The second-order valence-electron chi connectivity index (χ2n) is 3.79. The van der Waals surface area contributed by atoms with Crippen LogP contribution in [0.4, 0.5) is 8.78 Å². The summed E-state index contributed by atoms with van der Waals surface area (Å²) in [7, 11) is -1.81. The summed E-state index contributed by atoms with van der Waals surface area (Å²) in [5, 5.41) is 0. The smallest absolute Gasteiger partial charge is 0.242 e. The van der Waals surface area contributed by atoms with E-state index in [4.69, 9.17) is 4.43 Å². The SMILES string of the molecule is C[Si](C)(C)Oc1ccc(F)cc1F. The van der Waals surface area contributed by atoms with Crippen LogP contribution in [0.2, 0.25) is 19.6 Å². The minimum Gasteiger partial charge on any atom is -0.542 e. The standard InChI is InChI=1S/C9H12F2OSi/c1-13(2,3)12-9-5-4-7(10)6-8(9)11/h4-6H,1-3H3. The average Bonchev–Trinajstić information content (AvgIpc) is 1.93. The number of rotatable bonds is 2. The van der Waals surface area contributed by atoms with Gasteiger partial charge in [0.05, 0.1) is 0 Å². The van der Waals surface area contributed by atoms with Crippen LogP contribution < -0.4 is 4.43 Å². The molecule has 0 saturated carbocycles. The zero-order valence-corrected chi connectivity index (χ0v) is 8.90. The predicted molar refractivity (Wildman–Crippen MR) is 50.3 cm³/mol. The molecule has 4 heteroatoms. The number of hydrogen-bond donors (Lipinski definition) is 0. The van der Waals surface area contributed by atoms with Gasteiger partial charge in [0, 0.05) is 6.07 Å². The fourth-order valence-corrected chi connectivity index (χ4v) is 1.71. The molecule has 1 aromatic carbocycles. The maximum Gasteiger partial charge on any atom is 0.242 e. The Morgan fingerprint density at radius 2 is 1.77 bits per heavy atom. The minimum absolute atomic E-state index is 0.139. The Hall–Kier alpha value is -0.903. The molecule has 0 unspecified atom stereocenters. The quantitative estimate of drug-likeness (QED) is 0.669. The number of benzene rings is 1. The van der Waals surface area contributed by atoms with E-state index in [-0.39, 0.29) is 5.75 Å². The normalized spacial score (nSPS) is 11.5. The highest BCUT2D eigenvalue weighted by Crippen LogP contribution is 2.20. The van der Waals surface area contributed by atoms with Gasteiger partial charge in [0.2, 0.25) is 8.32 Å². The summed E-state index contributed by atoms with van der Waals surface area (Å²) in [6.45, 7) is 5.82. The van der Waals surface area contributed by atoms with E-state index in [2.05, 4.69) is 0 Å². The molecule has 1 aromatic rings. The third-order valence-corrected chi connectivity index (χ3v) is 2.14. The van der Waals surface area contributed by atoms with Gasteiger partial charge >= 0.3 is 0 Å². The van der Waals surface area contributed by atoms with Crippen molar-refractivity contribution in [1.82, 2.24) is 0 Å². The molecule has 0 atom stereocenters. The first-order valence-corrected chi connectivity index (χ1v) is 7.43. The monoisotopic (exact) mass is 202 g/mol. The fraction of sp³-hybridized carbons (Fsp3) is 0.333. The van der Waals surface area contributed by atoms with E-state index in [1.165, 1.54) is 12.1 Å². The molecule has 0 fully saturated rings. The highest BCUT2D eigenvalue weighted by Gasteiger charge is 2.18. The number of hydrogen-bond acceptors (Lipinski definition) is 1. The first-order chi connectivity index (χ1) is 5.88. The lowest BCUT2D eigenvalue weighted by Crippen LogP contribution is -2.29. The summed E-state index contributed by atoms with van der Waals surface area (Å²) in [4.78, 5) is 0. The molecule has 1 rings (SSSR count). The lowest BCUT2D eigenvalue weighted by atomic mass is 10.3. The largest absolute Gasteiger partial charge is 0.542 e. The highest BCUT2D eigenvalue weighted by molar-refractivity contribution is 6.70. The lowest BCUT2D eigenvalue weighted by molar-refractivity contribution is 0.487. The zero-order chi connectivity index (χ0) is 10.1. The first kappa shape index (κ1) is 10.2. The third-order valence-electron chi connectivity index (χ3n) is 1.31. The van der Waals surface area contributed by atoms with Gasteiger partial charge in [-0.1, -0.05) is 0 Å². The van der Waals surface area contributed by atoms with Gasteiger partial charge in [-0.05, 0) is 31.8 Å². The van der Waals surface area contributed by atoms with Crippen molar-refractivity contribution in [2.75, 3.05) is 0 Å². The molecule has 0 amide bonds. The summed E-state index contributed by atoms with van der Waals surface area (Å²) >= 11 is 0. The summed E-state index contributed by atoms with van der Waals surface area (Å²) in [6, 6.07) is 3.34. The van der Waals surface area contributed by atoms with Gasteiger partial charge in [-0.25, -0.2) is 8.78 Å². The van der Waals surface area contributed by atoms with E-state index in [0.717, 1.165) is 6.07 Å². The van der Waals surface area contributed by atoms with Crippen LogP contribution in [0.1, 0.15) is 0 Å². The van der Waals surface area contributed by atoms with Crippen LogP contribution in [0.25, 0.3) is 0 Å². The molecule has 0 aliphatic heterocycles. The van der Waals surface area contributed by atoms with Crippen molar-refractivity contribution in [3.8, 4) is 5.75 Å². The average molecular weight is 202 g/mol. The highest BCUT2D eigenvalue weighted by atomic mass is 28.4. The van der Waals surface area contributed by atoms with Gasteiger partial charge in [-0.2, -0.15) is 0 Å². The maximum absolute atomic E-state index is 13.0. The van der Waals surface area contributed by atoms with E-state index in [9.17, 15) is 8.78 Å². The first-order valence-electron chi connectivity index (χ1n) is 4.02. The van der Waals surface area contributed by atoms with Gasteiger partial charge in [0.15, 0.2) is 5.82 Å². The second kappa shape index (κ2) is 3.45. The molecule has 0 aliphatic carbocycles. The van der Waals surface area contributed by atoms with Crippen LogP contribution in [-0.4, -0.2) is 8.32 Å².